The molecule has 1 fully saturated rings. The van der Waals surface area contributed by atoms with E-state index in [0.29, 0.717) is 12.6 Å². The number of nitrogens with zero attached hydrogens (tertiary/aromatic N) is 2. The van der Waals surface area contributed by atoms with Gasteiger partial charge in [0.05, 0.1) is 12.6 Å². The number of hydrogen-bond acceptors (Lipinski definition) is 3. The predicted molar refractivity (Wildman–Crippen MR) is 97.1 cm³/mol. The van der Waals surface area contributed by atoms with Gasteiger partial charge in [-0.3, -0.25) is 4.79 Å². The normalized spacial score (nSPS) is 23.2. The Hall–Kier alpha value is -2.32. The number of rotatable bonds is 3. The lowest BCUT2D eigenvalue weighted by atomic mass is 10.1. The summed E-state index contributed by atoms with van der Waals surface area (Å²) in [6.45, 7) is 1.07. The lowest BCUT2D eigenvalue weighted by Gasteiger charge is -2.22. The van der Waals surface area contributed by atoms with E-state index in [4.69, 9.17) is 5.26 Å². The highest BCUT2D eigenvalue weighted by Gasteiger charge is 2.28. The number of H-pyrrole nitrogens is 1. The number of fused-ring (bicyclic) bond motifs is 3. The maximum atomic E-state index is 12.4. The molecule has 1 saturated heterocycles. The number of benzene rings is 1. The van der Waals surface area contributed by atoms with Crippen LogP contribution in [0.4, 0.5) is 0 Å². The maximum Gasteiger partial charge on any atom is 0.237 e. The molecule has 2 N–H and O–H groups in total. The molecule has 25 heavy (non-hydrogen) atoms. The Labute approximate surface area is 148 Å². The predicted octanol–water partition coefficient (Wildman–Crippen LogP) is 2.52. The molecule has 1 aliphatic heterocycles. The first-order chi connectivity index (χ1) is 12.3. The molecular weight excluding hydrogens is 312 g/mol. The van der Waals surface area contributed by atoms with Gasteiger partial charge in [0.25, 0.3) is 0 Å². The number of carbonyl (C=O) groups is 1. The van der Waals surface area contributed by atoms with Crippen LogP contribution >= 0.6 is 0 Å². The minimum Gasteiger partial charge on any atom is -0.358 e. The van der Waals surface area contributed by atoms with Crippen molar-refractivity contribution in [2.45, 2.75) is 50.6 Å². The summed E-state index contributed by atoms with van der Waals surface area (Å²) in [4.78, 5) is 17.7. The molecule has 2 aliphatic rings. The fraction of sp³-hybridized carbons (Fsp3) is 0.500. The van der Waals surface area contributed by atoms with E-state index in [1.165, 1.54) is 22.2 Å². The van der Waals surface area contributed by atoms with Crippen LogP contribution in [0.15, 0.2) is 24.3 Å². The lowest BCUT2D eigenvalue weighted by molar-refractivity contribution is -0.130. The molecule has 0 spiro atoms. The molecule has 1 aliphatic carbocycles. The standard InChI is InChI=1S/C20H24N4O/c21-12-15-4-3-11-24(15)20(25)13-22-14-7-9-17-16-5-1-2-6-18(16)23-19(17)10-8-14/h1-2,5-6,14-15,22-23H,3-4,7-11,13H2. The van der Waals surface area contributed by atoms with Gasteiger partial charge in [0, 0.05) is 29.2 Å². The van der Waals surface area contributed by atoms with Gasteiger partial charge in [-0.1, -0.05) is 18.2 Å². The van der Waals surface area contributed by atoms with E-state index in [9.17, 15) is 4.79 Å². The van der Waals surface area contributed by atoms with Crippen LogP contribution < -0.4 is 5.32 Å². The number of hydrogen-bond donors (Lipinski definition) is 2. The van der Waals surface area contributed by atoms with Crippen molar-refractivity contribution in [2.75, 3.05) is 13.1 Å². The smallest absolute Gasteiger partial charge is 0.237 e. The summed E-state index contributed by atoms with van der Waals surface area (Å²) < 4.78 is 0. The number of nitriles is 1. The molecular formula is C20H24N4O. The molecule has 2 aromatic rings. The molecule has 1 aromatic heterocycles. The Morgan fingerprint density at radius 3 is 3.00 bits per heavy atom. The second kappa shape index (κ2) is 6.89. The van der Waals surface area contributed by atoms with Crippen molar-refractivity contribution >= 4 is 16.8 Å². The van der Waals surface area contributed by atoms with Gasteiger partial charge in [0.1, 0.15) is 6.04 Å². The van der Waals surface area contributed by atoms with Gasteiger partial charge in [-0.25, -0.2) is 0 Å². The average molecular weight is 336 g/mol. The average Bonchev–Trinajstić information content (AvgIpc) is 3.20. The van der Waals surface area contributed by atoms with Gasteiger partial charge in [0.15, 0.2) is 0 Å². The number of aromatic nitrogens is 1. The van der Waals surface area contributed by atoms with Crippen LogP contribution in [0, 0.1) is 11.3 Å². The van der Waals surface area contributed by atoms with Crippen molar-refractivity contribution < 1.29 is 4.79 Å². The SMILES string of the molecule is N#CC1CCCN1C(=O)CNC1CCc2[nH]c3ccccc3c2CC1. The van der Waals surface area contributed by atoms with E-state index in [-0.39, 0.29) is 11.9 Å². The van der Waals surface area contributed by atoms with E-state index < -0.39 is 0 Å². The minimum absolute atomic E-state index is 0.0669. The van der Waals surface area contributed by atoms with Crippen molar-refractivity contribution in [1.82, 2.24) is 15.2 Å². The number of aryl methyl sites for hydroxylation is 2. The largest absolute Gasteiger partial charge is 0.358 e. The molecule has 130 valence electrons. The molecule has 4 rings (SSSR count). The van der Waals surface area contributed by atoms with Crippen molar-refractivity contribution in [3.8, 4) is 6.07 Å². The van der Waals surface area contributed by atoms with Gasteiger partial charge in [-0.2, -0.15) is 5.26 Å². The van der Waals surface area contributed by atoms with Gasteiger partial charge in [-0.05, 0) is 50.2 Å². The van der Waals surface area contributed by atoms with E-state index >= 15 is 0 Å². The highest BCUT2D eigenvalue weighted by atomic mass is 16.2. The van der Waals surface area contributed by atoms with Crippen molar-refractivity contribution in [2.24, 2.45) is 0 Å². The fourth-order valence-electron chi connectivity index (χ4n) is 4.27. The van der Waals surface area contributed by atoms with Crippen molar-refractivity contribution in [3.63, 3.8) is 0 Å². The van der Waals surface area contributed by atoms with Crippen LogP contribution in [0.5, 0.6) is 0 Å². The Kier molecular flexibility index (Phi) is 4.46. The van der Waals surface area contributed by atoms with Crippen LogP contribution in [0.2, 0.25) is 0 Å². The highest BCUT2D eigenvalue weighted by Crippen LogP contribution is 2.28. The van der Waals surface area contributed by atoms with Crippen LogP contribution in [0.25, 0.3) is 10.9 Å². The van der Waals surface area contributed by atoms with E-state index in [2.05, 4.69) is 40.6 Å². The summed E-state index contributed by atoms with van der Waals surface area (Å²) in [7, 11) is 0. The van der Waals surface area contributed by atoms with Gasteiger partial charge in [0.2, 0.25) is 5.91 Å². The number of amides is 1. The zero-order valence-electron chi connectivity index (χ0n) is 14.4. The number of aromatic amines is 1. The number of carbonyl (C=O) groups excluding carboxylic acids is 1. The minimum atomic E-state index is -0.227. The lowest BCUT2D eigenvalue weighted by Crippen LogP contribution is -2.43. The monoisotopic (exact) mass is 336 g/mol. The van der Waals surface area contributed by atoms with E-state index in [0.717, 1.165) is 45.1 Å². The second-order valence-corrected chi connectivity index (χ2v) is 7.16. The molecule has 1 aromatic carbocycles. The van der Waals surface area contributed by atoms with Gasteiger partial charge >= 0.3 is 0 Å². The summed E-state index contributed by atoms with van der Waals surface area (Å²) in [5.41, 5.74) is 4.02. The summed E-state index contributed by atoms with van der Waals surface area (Å²) in [5, 5.41) is 13.9. The maximum absolute atomic E-state index is 12.4. The molecule has 2 heterocycles. The van der Waals surface area contributed by atoms with Gasteiger partial charge < -0.3 is 15.2 Å². The second-order valence-electron chi connectivity index (χ2n) is 7.16. The Morgan fingerprint density at radius 2 is 2.12 bits per heavy atom. The zero-order chi connectivity index (χ0) is 17.2. The van der Waals surface area contributed by atoms with Crippen LogP contribution in [-0.2, 0) is 17.6 Å². The first-order valence-corrected chi connectivity index (χ1v) is 9.27. The number of nitrogens with one attached hydrogen (secondary N) is 2. The Bertz CT molecular complexity index is 819. The molecule has 5 heteroatoms. The first-order valence-electron chi connectivity index (χ1n) is 9.27. The molecule has 5 nitrogen and oxygen atoms in total. The number of para-hydroxylation sites is 1. The molecule has 0 bridgehead atoms. The summed E-state index contributed by atoms with van der Waals surface area (Å²) in [5.74, 6) is 0.0669. The highest BCUT2D eigenvalue weighted by molar-refractivity contribution is 5.84. The van der Waals surface area contributed by atoms with Crippen molar-refractivity contribution in [3.05, 3.63) is 35.5 Å². The quantitative estimate of drug-likeness (QED) is 0.846. The third-order valence-corrected chi connectivity index (χ3v) is 5.65. The molecule has 0 radical (unpaired) electrons. The molecule has 2 atom stereocenters. The van der Waals surface area contributed by atoms with Gasteiger partial charge in [-0.15, -0.1) is 0 Å². The third-order valence-electron chi connectivity index (χ3n) is 5.65. The van der Waals surface area contributed by atoms with E-state index in [1.807, 2.05) is 0 Å². The zero-order valence-corrected chi connectivity index (χ0v) is 14.4. The Balaban J connectivity index is 1.36. The van der Waals surface area contributed by atoms with Crippen LogP contribution in [-0.4, -0.2) is 41.0 Å². The Morgan fingerprint density at radius 1 is 1.28 bits per heavy atom. The number of likely N-dealkylation sites (tertiary alicyclic amines) is 1. The summed E-state index contributed by atoms with van der Waals surface area (Å²) in [6.07, 6.45) is 5.89. The van der Waals surface area contributed by atoms with Crippen molar-refractivity contribution in [1.29, 1.82) is 5.26 Å². The summed E-state index contributed by atoms with van der Waals surface area (Å²) >= 11 is 0. The van der Waals surface area contributed by atoms with Crippen LogP contribution in [0.1, 0.15) is 36.9 Å². The summed E-state index contributed by atoms with van der Waals surface area (Å²) in [6, 6.07) is 10.9. The first kappa shape index (κ1) is 16.2. The molecule has 0 saturated carbocycles. The van der Waals surface area contributed by atoms with Crippen LogP contribution in [0.3, 0.4) is 0 Å². The van der Waals surface area contributed by atoms with E-state index in [1.54, 1.807) is 4.90 Å². The molecule has 1 amide bonds. The molecule has 2 unspecified atom stereocenters. The third kappa shape index (κ3) is 3.14. The fourth-order valence-corrected chi connectivity index (χ4v) is 4.27. The topological polar surface area (TPSA) is 71.9 Å².